The molecule has 4 rings (SSSR count). The molecule has 0 aliphatic carbocycles. The van der Waals surface area contributed by atoms with E-state index in [-0.39, 0.29) is 5.91 Å². The average Bonchev–Trinajstić information content (AvgIpc) is 3.14. The second kappa shape index (κ2) is 6.90. The van der Waals surface area contributed by atoms with Crippen molar-refractivity contribution in [2.75, 3.05) is 25.0 Å². The molecule has 1 aliphatic rings. The topological polar surface area (TPSA) is 83.9 Å². The lowest BCUT2D eigenvalue weighted by Crippen LogP contribution is -2.31. The van der Waals surface area contributed by atoms with Crippen LogP contribution in [0.4, 0.5) is 5.95 Å². The van der Waals surface area contributed by atoms with Crippen LogP contribution in [-0.2, 0) is 4.79 Å². The minimum atomic E-state index is -0.0734. The first-order valence-corrected chi connectivity index (χ1v) is 8.34. The fourth-order valence-electron chi connectivity index (χ4n) is 3.03. The molecule has 7 nitrogen and oxygen atoms in total. The van der Waals surface area contributed by atoms with Crippen LogP contribution in [0.15, 0.2) is 42.9 Å². The van der Waals surface area contributed by atoms with E-state index in [0.29, 0.717) is 12.5 Å². The Hall–Kier alpha value is -2.93. The summed E-state index contributed by atoms with van der Waals surface area (Å²) in [4.78, 5) is 23.0. The number of rotatable bonds is 4. The Bertz CT molecular complexity index is 892. The molecular weight excluding hydrogens is 316 g/mol. The smallest absolute Gasteiger partial charge is 0.240 e. The number of nitrogens with one attached hydrogen (secondary N) is 1. The van der Waals surface area contributed by atoms with E-state index in [2.05, 4.69) is 30.4 Å². The second-order valence-electron chi connectivity index (χ2n) is 6.13. The highest BCUT2D eigenvalue weighted by Gasteiger charge is 2.15. The summed E-state index contributed by atoms with van der Waals surface area (Å²) in [5.74, 6) is 0.262. The van der Waals surface area contributed by atoms with Crippen molar-refractivity contribution in [3.63, 3.8) is 0 Å². The highest BCUT2D eigenvalue weighted by atomic mass is 16.2. The van der Waals surface area contributed by atoms with E-state index in [1.807, 2.05) is 24.3 Å². The van der Waals surface area contributed by atoms with Crippen molar-refractivity contribution in [2.24, 2.45) is 0 Å². The number of likely N-dealkylation sites (tertiary alicyclic amines) is 1. The molecule has 126 valence electrons. The van der Waals surface area contributed by atoms with E-state index in [1.165, 1.54) is 0 Å². The normalized spacial score (nSPS) is 14.7. The number of carbonyl (C=O) groups excluding carboxylic acids is 1. The van der Waals surface area contributed by atoms with Gasteiger partial charge >= 0.3 is 0 Å². The third-order valence-corrected chi connectivity index (χ3v) is 4.32. The molecule has 1 N–H and O–H groups in total. The predicted octanol–water partition coefficient (Wildman–Crippen LogP) is 2.12. The molecular formula is C18H18N6O. The van der Waals surface area contributed by atoms with Crippen LogP contribution >= 0.6 is 0 Å². The van der Waals surface area contributed by atoms with Gasteiger partial charge in [0.15, 0.2) is 0 Å². The van der Waals surface area contributed by atoms with Crippen LogP contribution < -0.4 is 5.32 Å². The van der Waals surface area contributed by atoms with Gasteiger partial charge in [0.1, 0.15) is 0 Å². The van der Waals surface area contributed by atoms with Gasteiger partial charge in [0.2, 0.25) is 11.9 Å². The Morgan fingerprint density at radius 2 is 1.96 bits per heavy atom. The largest absolute Gasteiger partial charge is 0.295 e. The monoisotopic (exact) mass is 334 g/mol. The molecule has 0 saturated carbocycles. The molecule has 0 unspecified atom stereocenters. The standard InChI is InChI=1S/C18H18N6O/c25-17(12-24-7-1-2-8-24)23-18-19-10-15-4-3-13(9-16(15)22-18)14-5-6-20-21-11-14/h3-6,9-11H,1-2,7-8,12H2,(H,19,22,23,25). The third kappa shape index (κ3) is 3.61. The molecule has 0 spiro atoms. The van der Waals surface area contributed by atoms with Gasteiger partial charge in [-0.05, 0) is 43.6 Å². The lowest BCUT2D eigenvalue weighted by molar-refractivity contribution is -0.117. The predicted molar refractivity (Wildman–Crippen MR) is 94.9 cm³/mol. The van der Waals surface area contributed by atoms with E-state index >= 15 is 0 Å². The molecule has 3 aromatic rings. The third-order valence-electron chi connectivity index (χ3n) is 4.32. The molecule has 1 aliphatic heterocycles. The van der Waals surface area contributed by atoms with Crippen LogP contribution in [-0.4, -0.2) is 50.6 Å². The number of benzene rings is 1. The fraction of sp³-hybridized carbons (Fsp3) is 0.278. The molecule has 3 heterocycles. The number of anilines is 1. The number of hydrogen-bond donors (Lipinski definition) is 1. The van der Waals surface area contributed by atoms with Crippen molar-refractivity contribution >= 4 is 22.8 Å². The van der Waals surface area contributed by atoms with Gasteiger partial charge in [-0.1, -0.05) is 12.1 Å². The number of hydrogen-bond acceptors (Lipinski definition) is 6. The van der Waals surface area contributed by atoms with Crippen molar-refractivity contribution in [1.82, 2.24) is 25.1 Å². The summed E-state index contributed by atoms with van der Waals surface area (Å²) in [6.45, 7) is 2.36. The molecule has 1 amide bonds. The molecule has 0 bridgehead atoms. The van der Waals surface area contributed by atoms with Gasteiger partial charge in [-0.25, -0.2) is 9.97 Å². The van der Waals surface area contributed by atoms with E-state index in [1.54, 1.807) is 18.6 Å². The molecule has 0 atom stereocenters. The molecule has 2 aromatic heterocycles. The van der Waals surface area contributed by atoms with Gasteiger partial charge in [-0.15, -0.1) is 0 Å². The van der Waals surface area contributed by atoms with E-state index in [0.717, 1.165) is 48.0 Å². The number of nitrogens with zero attached hydrogens (tertiary/aromatic N) is 5. The molecule has 1 aromatic carbocycles. The number of fused-ring (bicyclic) bond motifs is 1. The van der Waals surface area contributed by atoms with Crippen molar-refractivity contribution in [1.29, 1.82) is 0 Å². The Morgan fingerprint density at radius 3 is 2.76 bits per heavy atom. The van der Waals surface area contributed by atoms with Crippen molar-refractivity contribution in [2.45, 2.75) is 12.8 Å². The molecule has 0 radical (unpaired) electrons. The number of aromatic nitrogens is 4. The SMILES string of the molecule is O=C(CN1CCCC1)Nc1ncc2ccc(-c3ccnnc3)cc2n1. The van der Waals surface area contributed by atoms with Gasteiger partial charge in [0.25, 0.3) is 0 Å². The Labute approximate surface area is 145 Å². The summed E-state index contributed by atoms with van der Waals surface area (Å²) in [7, 11) is 0. The molecule has 7 heteroatoms. The van der Waals surface area contributed by atoms with Gasteiger partial charge in [-0.2, -0.15) is 10.2 Å². The first kappa shape index (κ1) is 15.6. The van der Waals surface area contributed by atoms with E-state index in [4.69, 9.17) is 0 Å². The fourth-order valence-corrected chi connectivity index (χ4v) is 3.03. The Balaban J connectivity index is 1.55. The van der Waals surface area contributed by atoms with E-state index < -0.39 is 0 Å². The zero-order chi connectivity index (χ0) is 17.1. The van der Waals surface area contributed by atoms with Crippen LogP contribution in [0.3, 0.4) is 0 Å². The van der Waals surface area contributed by atoms with Gasteiger partial charge < -0.3 is 0 Å². The first-order chi connectivity index (χ1) is 12.3. The Morgan fingerprint density at radius 1 is 1.08 bits per heavy atom. The maximum atomic E-state index is 12.1. The summed E-state index contributed by atoms with van der Waals surface area (Å²) in [6, 6.07) is 7.81. The maximum Gasteiger partial charge on any atom is 0.240 e. The highest BCUT2D eigenvalue weighted by molar-refractivity contribution is 5.92. The zero-order valence-corrected chi connectivity index (χ0v) is 13.7. The van der Waals surface area contributed by atoms with Crippen molar-refractivity contribution < 1.29 is 4.79 Å². The van der Waals surface area contributed by atoms with E-state index in [9.17, 15) is 4.79 Å². The van der Waals surface area contributed by atoms with Crippen LogP contribution in [0.5, 0.6) is 0 Å². The molecule has 1 saturated heterocycles. The zero-order valence-electron chi connectivity index (χ0n) is 13.7. The number of carbonyl (C=O) groups is 1. The average molecular weight is 334 g/mol. The summed E-state index contributed by atoms with van der Waals surface area (Å²) in [5.41, 5.74) is 2.74. The summed E-state index contributed by atoms with van der Waals surface area (Å²) in [6.07, 6.45) is 7.41. The lowest BCUT2D eigenvalue weighted by atomic mass is 10.1. The minimum Gasteiger partial charge on any atom is -0.295 e. The van der Waals surface area contributed by atoms with Crippen LogP contribution in [0.1, 0.15) is 12.8 Å². The van der Waals surface area contributed by atoms with Crippen LogP contribution in [0.2, 0.25) is 0 Å². The first-order valence-electron chi connectivity index (χ1n) is 8.34. The molecule has 25 heavy (non-hydrogen) atoms. The van der Waals surface area contributed by atoms with Gasteiger partial charge in [-0.3, -0.25) is 15.0 Å². The van der Waals surface area contributed by atoms with Crippen LogP contribution in [0.25, 0.3) is 22.0 Å². The second-order valence-corrected chi connectivity index (χ2v) is 6.13. The number of amides is 1. The minimum absolute atomic E-state index is 0.0734. The molecule has 1 fully saturated rings. The quantitative estimate of drug-likeness (QED) is 0.787. The highest BCUT2D eigenvalue weighted by Crippen LogP contribution is 2.22. The summed E-state index contributed by atoms with van der Waals surface area (Å²) >= 11 is 0. The van der Waals surface area contributed by atoms with Crippen molar-refractivity contribution in [3.05, 3.63) is 42.9 Å². The van der Waals surface area contributed by atoms with Gasteiger partial charge in [0.05, 0.1) is 24.5 Å². The van der Waals surface area contributed by atoms with Crippen molar-refractivity contribution in [3.8, 4) is 11.1 Å². The maximum absolute atomic E-state index is 12.1. The Kier molecular flexibility index (Phi) is 4.30. The summed E-state index contributed by atoms with van der Waals surface area (Å²) in [5, 5.41) is 11.4. The van der Waals surface area contributed by atoms with Crippen LogP contribution in [0, 0.1) is 0 Å². The summed E-state index contributed by atoms with van der Waals surface area (Å²) < 4.78 is 0. The lowest BCUT2D eigenvalue weighted by Gasteiger charge is -2.13. The van der Waals surface area contributed by atoms with Gasteiger partial charge in [0, 0.05) is 17.1 Å².